The molecular formula is C27H27ClFN7. The molecule has 0 spiro atoms. The summed E-state index contributed by atoms with van der Waals surface area (Å²) in [6.45, 7) is 2.18. The number of aromatic nitrogens is 1. The lowest BCUT2D eigenvalue weighted by atomic mass is 9.78. The Morgan fingerprint density at radius 1 is 1.25 bits per heavy atom. The van der Waals surface area contributed by atoms with Gasteiger partial charge in [-0.2, -0.15) is 5.26 Å². The van der Waals surface area contributed by atoms with E-state index in [1.54, 1.807) is 18.3 Å². The Morgan fingerprint density at radius 2 is 2.03 bits per heavy atom. The van der Waals surface area contributed by atoms with Crippen LogP contribution in [0.4, 0.5) is 15.8 Å². The van der Waals surface area contributed by atoms with Crippen molar-refractivity contribution in [1.29, 1.82) is 5.26 Å². The molecule has 1 aromatic heterocycles. The Morgan fingerprint density at radius 3 is 2.69 bits per heavy atom. The molecule has 1 unspecified atom stereocenters. The van der Waals surface area contributed by atoms with Crippen LogP contribution in [0.2, 0.25) is 5.02 Å². The van der Waals surface area contributed by atoms with Crippen LogP contribution in [0.15, 0.2) is 54.5 Å². The Labute approximate surface area is 214 Å². The number of nitrogens with zero attached hydrogens (tertiary/aromatic N) is 3. The predicted molar refractivity (Wildman–Crippen MR) is 139 cm³/mol. The molecule has 2 aromatic carbocycles. The number of hydrogen-bond acceptors (Lipinski definition) is 7. The molecule has 184 valence electrons. The molecule has 0 radical (unpaired) electrons. The summed E-state index contributed by atoms with van der Waals surface area (Å²) in [5, 5.41) is 20.4. The fraction of sp³-hybridized carbons (Fsp3) is 0.333. The van der Waals surface area contributed by atoms with E-state index in [4.69, 9.17) is 11.6 Å². The van der Waals surface area contributed by atoms with Gasteiger partial charge in [-0.1, -0.05) is 23.7 Å². The van der Waals surface area contributed by atoms with Gasteiger partial charge in [-0.3, -0.25) is 9.99 Å². The Bertz CT molecular complexity index is 1390. The van der Waals surface area contributed by atoms with Crippen LogP contribution in [-0.2, 0) is 0 Å². The molecule has 0 bridgehead atoms. The molecule has 36 heavy (non-hydrogen) atoms. The van der Waals surface area contributed by atoms with Gasteiger partial charge in [0, 0.05) is 35.1 Å². The fourth-order valence-corrected chi connectivity index (χ4v) is 5.17. The van der Waals surface area contributed by atoms with E-state index < -0.39 is 0 Å². The summed E-state index contributed by atoms with van der Waals surface area (Å²) < 4.78 is 13.7. The quantitative estimate of drug-likeness (QED) is 0.327. The minimum Gasteiger partial charge on any atom is -0.378 e. The van der Waals surface area contributed by atoms with Crippen molar-refractivity contribution in [2.75, 3.05) is 10.6 Å². The van der Waals surface area contributed by atoms with Gasteiger partial charge in [-0.05, 0) is 68.9 Å². The van der Waals surface area contributed by atoms with Gasteiger partial charge in [-0.15, -0.1) is 5.53 Å². The van der Waals surface area contributed by atoms with Gasteiger partial charge in [0.15, 0.2) is 0 Å². The standard InChI is InChI=1S/C27H27ClFN7/c1-27(9-2-10-27)33-24-17(13-30)14-31-26-21(24)11-19(12-22(26)28)32-25(16-3-5-18(29)6-4-16)23-15-36(35-34-23)20-7-8-20/h3-6,11-12,14-15,20,25,32,34-35H,2,7-10H2,1H3,(H,31,33). The first-order valence-corrected chi connectivity index (χ1v) is 12.6. The number of rotatable bonds is 7. The van der Waals surface area contributed by atoms with Crippen molar-refractivity contribution in [3.05, 3.63) is 76.5 Å². The minimum atomic E-state index is -0.289. The summed E-state index contributed by atoms with van der Waals surface area (Å²) >= 11 is 6.72. The second-order valence-corrected chi connectivity index (χ2v) is 10.5. The van der Waals surface area contributed by atoms with Gasteiger partial charge in [-0.25, -0.2) is 4.39 Å². The zero-order chi connectivity index (χ0) is 24.9. The van der Waals surface area contributed by atoms with Gasteiger partial charge in [0.05, 0.1) is 33.5 Å². The largest absolute Gasteiger partial charge is 0.378 e. The van der Waals surface area contributed by atoms with Crippen LogP contribution in [0.5, 0.6) is 0 Å². The lowest BCUT2D eigenvalue weighted by Crippen LogP contribution is -2.41. The molecule has 4 N–H and O–H groups in total. The molecule has 7 nitrogen and oxygen atoms in total. The van der Waals surface area contributed by atoms with Crippen LogP contribution in [-0.4, -0.2) is 21.6 Å². The van der Waals surface area contributed by atoms with Crippen LogP contribution in [0, 0.1) is 17.1 Å². The van der Waals surface area contributed by atoms with E-state index in [1.165, 1.54) is 12.1 Å². The highest BCUT2D eigenvalue weighted by Gasteiger charge is 2.34. The number of fused-ring (bicyclic) bond motifs is 1. The predicted octanol–water partition coefficient (Wildman–Crippen LogP) is 5.74. The first kappa shape index (κ1) is 22.9. The maximum Gasteiger partial charge on any atom is 0.123 e. The molecule has 6 rings (SSSR count). The molecule has 2 fully saturated rings. The SMILES string of the molecule is CC1(Nc2c(C#N)cnc3c(Cl)cc(NC(C4=CN(C5CC5)NN4)c4ccc(F)cc4)cc23)CCC1. The number of pyridine rings is 1. The fourth-order valence-electron chi connectivity index (χ4n) is 4.90. The molecule has 2 aliphatic carbocycles. The number of benzene rings is 2. The van der Waals surface area contributed by atoms with E-state index in [2.05, 4.69) is 50.8 Å². The number of nitrogens with one attached hydrogen (secondary N) is 4. The lowest BCUT2D eigenvalue weighted by Gasteiger charge is -2.40. The average Bonchev–Trinajstić information content (AvgIpc) is 3.59. The van der Waals surface area contributed by atoms with Crippen molar-refractivity contribution in [3.63, 3.8) is 0 Å². The van der Waals surface area contributed by atoms with E-state index in [0.29, 0.717) is 22.1 Å². The van der Waals surface area contributed by atoms with E-state index in [-0.39, 0.29) is 17.4 Å². The summed E-state index contributed by atoms with van der Waals surface area (Å²) in [7, 11) is 0. The zero-order valence-corrected chi connectivity index (χ0v) is 20.7. The molecular weight excluding hydrogens is 477 g/mol. The Kier molecular flexibility index (Phi) is 5.62. The number of anilines is 2. The van der Waals surface area contributed by atoms with Gasteiger partial charge in [0.2, 0.25) is 0 Å². The monoisotopic (exact) mass is 503 g/mol. The summed E-state index contributed by atoms with van der Waals surface area (Å²) in [5.41, 5.74) is 10.9. The molecule has 2 saturated carbocycles. The smallest absolute Gasteiger partial charge is 0.123 e. The van der Waals surface area contributed by atoms with Gasteiger partial charge >= 0.3 is 0 Å². The van der Waals surface area contributed by atoms with Crippen LogP contribution in [0.25, 0.3) is 10.9 Å². The zero-order valence-electron chi connectivity index (χ0n) is 19.9. The lowest BCUT2D eigenvalue weighted by molar-refractivity contribution is 0.260. The third kappa shape index (κ3) is 4.29. The van der Waals surface area contributed by atoms with Crippen LogP contribution < -0.4 is 21.6 Å². The second-order valence-electron chi connectivity index (χ2n) is 10.1. The third-order valence-corrected chi connectivity index (χ3v) is 7.59. The van der Waals surface area contributed by atoms with Crippen molar-refractivity contribution in [2.45, 2.75) is 56.7 Å². The number of nitriles is 1. The first-order valence-electron chi connectivity index (χ1n) is 12.3. The van der Waals surface area contributed by atoms with Crippen molar-refractivity contribution < 1.29 is 4.39 Å². The molecule has 0 amide bonds. The highest BCUT2D eigenvalue weighted by atomic mass is 35.5. The highest BCUT2D eigenvalue weighted by Crippen LogP contribution is 2.40. The molecule has 2 heterocycles. The van der Waals surface area contributed by atoms with E-state index in [1.807, 2.05) is 12.1 Å². The molecule has 0 saturated heterocycles. The Hall–Kier alpha value is -3.54. The normalized spacial score (nSPS) is 19.2. The summed E-state index contributed by atoms with van der Waals surface area (Å²) in [5.74, 6) is -0.285. The minimum absolute atomic E-state index is 0.0526. The third-order valence-electron chi connectivity index (χ3n) is 7.30. The maximum atomic E-state index is 13.7. The highest BCUT2D eigenvalue weighted by molar-refractivity contribution is 6.35. The van der Waals surface area contributed by atoms with Crippen molar-refractivity contribution in [2.24, 2.45) is 0 Å². The van der Waals surface area contributed by atoms with E-state index in [0.717, 1.165) is 60.1 Å². The van der Waals surface area contributed by atoms with E-state index in [9.17, 15) is 9.65 Å². The van der Waals surface area contributed by atoms with Gasteiger partial charge in [0.1, 0.15) is 11.9 Å². The first-order chi connectivity index (χ1) is 17.4. The van der Waals surface area contributed by atoms with E-state index >= 15 is 0 Å². The summed E-state index contributed by atoms with van der Waals surface area (Å²) in [6.07, 6.45) is 9.19. The van der Waals surface area contributed by atoms with Crippen molar-refractivity contribution >= 4 is 33.9 Å². The second kappa shape index (κ2) is 8.84. The number of halogens is 2. The molecule has 3 aliphatic rings. The van der Waals surface area contributed by atoms with Crippen LogP contribution in [0.3, 0.4) is 0 Å². The van der Waals surface area contributed by atoms with Crippen LogP contribution >= 0.6 is 11.6 Å². The van der Waals surface area contributed by atoms with Gasteiger partial charge in [0.25, 0.3) is 0 Å². The average molecular weight is 504 g/mol. The molecule has 3 aromatic rings. The van der Waals surface area contributed by atoms with Crippen molar-refractivity contribution in [1.82, 2.24) is 21.0 Å². The molecule has 9 heteroatoms. The number of hydrogen-bond donors (Lipinski definition) is 4. The topological polar surface area (TPSA) is 88.0 Å². The molecule has 1 atom stereocenters. The maximum absolute atomic E-state index is 13.7. The Balaban J connectivity index is 1.41. The van der Waals surface area contributed by atoms with Gasteiger partial charge < -0.3 is 16.1 Å². The molecule has 1 aliphatic heterocycles. The summed E-state index contributed by atoms with van der Waals surface area (Å²) in [4.78, 5) is 4.48. The van der Waals surface area contributed by atoms with Crippen LogP contribution in [0.1, 0.15) is 56.2 Å². The summed E-state index contributed by atoms with van der Waals surface area (Å²) in [6, 6.07) is 12.8. The number of hydrazine groups is 2. The van der Waals surface area contributed by atoms with Crippen molar-refractivity contribution in [3.8, 4) is 6.07 Å².